The molecule has 0 fully saturated rings. The molecule has 1 amide bonds. The summed E-state index contributed by atoms with van der Waals surface area (Å²) < 4.78 is 7.60. The second-order valence-electron chi connectivity index (χ2n) is 7.12. The van der Waals surface area contributed by atoms with Crippen LogP contribution in [-0.4, -0.2) is 28.8 Å². The van der Waals surface area contributed by atoms with Gasteiger partial charge >= 0.3 is 0 Å². The fourth-order valence-corrected chi connectivity index (χ4v) is 3.35. The monoisotopic (exact) mass is 391 g/mol. The minimum absolute atomic E-state index is 0.0880. The van der Waals surface area contributed by atoms with E-state index in [9.17, 15) is 4.79 Å². The molecule has 5 nitrogen and oxygen atoms in total. The van der Waals surface area contributed by atoms with Crippen molar-refractivity contribution >= 4 is 5.91 Å². The summed E-state index contributed by atoms with van der Waals surface area (Å²) in [5.41, 5.74) is 5.07. The van der Waals surface area contributed by atoms with Crippen LogP contribution in [0.15, 0.2) is 54.6 Å². The van der Waals surface area contributed by atoms with Crippen LogP contribution in [0.2, 0.25) is 0 Å². The first-order valence-corrected chi connectivity index (χ1v) is 10.2. The molecule has 5 heteroatoms. The summed E-state index contributed by atoms with van der Waals surface area (Å²) in [6, 6.07) is 17.6. The van der Waals surface area contributed by atoms with Gasteiger partial charge in [-0.05, 0) is 50.1 Å². The van der Waals surface area contributed by atoms with Crippen molar-refractivity contribution in [2.24, 2.45) is 0 Å². The number of ether oxygens (including phenoxy) is 1. The topological polar surface area (TPSA) is 56.1 Å². The number of nitrogens with one attached hydrogen (secondary N) is 1. The molecule has 2 aromatic carbocycles. The van der Waals surface area contributed by atoms with E-state index in [0.717, 1.165) is 35.5 Å². The second-order valence-corrected chi connectivity index (χ2v) is 7.12. The average molecular weight is 392 g/mol. The zero-order valence-electron chi connectivity index (χ0n) is 17.4. The van der Waals surface area contributed by atoms with E-state index >= 15 is 0 Å². The first-order valence-electron chi connectivity index (χ1n) is 10.2. The lowest BCUT2D eigenvalue weighted by atomic mass is 10.0. The molecule has 0 aliphatic carbocycles. The zero-order chi connectivity index (χ0) is 20.6. The van der Waals surface area contributed by atoms with Gasteiger partial charge in [0.15, 0.2) is 0 Å². The molecule has 152 valence electrons. The Bertz CT molecular complexity index is 931. The Labute approximate surface area is 172 Å². The molecule has 1 aromatic heterocycles. The second kappa shape index (κ2) is 9.92. The number of hydrogen-bond acceptors (Lipinski definition) is 3. The van der Waals surface area contributed by atoms with Gasteiger partial charge in [0.1, 0.15) is 5.75 Å². The number of nitrogens with zero attached hydrogens (tertiary/aromatic N) is 2. The molecule has 0 spiro atoms. The van der Waals surface area contributed by atoms with Crippen LogP contribution in [0.1, 0.15) is 41.5 Å². The highest BCUT2D eigenvalue weighted by molar-refractivity contribution is 5.94. The molecule has 0 saturated heterocycles. The fourth-order valence-electron chi connectivity index (χ4n) is 3.35. The summed E-state index contributed by atoms with van der Waals surface area (Å²) >= 11 is 0. The van der Waals surface area contributed by atoms with Gasteiger partial charge in [0.2, 0.25) is 0 Å². The van der Waals surface area contributed by atoms with E-state index in [1.54, 1.807) is 12.1 Å². The number of carbonyl (C=O) groups is 1. The molecule has 0 radical (unpaired) electrons. The summed E-state index contributed by atoms with van der Waals surface area (Å²) in [4.78, 5) is 12.4. The van der Waals surface area contributed by atoms with Crippen molar-refractivity contribution in [2.45, 2.75) is 40.2 Å². The lowest BCUT2D eigenvalue weighted by Gasteiger charge is -2.09. The van der Waals surface area contributed by atoms with Gasteiger partial charge in [-0.3, -0.25) is 9.48 Å². The van der Waals surface area contributed by atoms with Gasteiger partial charge in [0.05, 0.1) is 18.8 Å². The van der Waals surface area contributed by atoms with Crippen LogP contribution in [0, 0.1) is 13.8 Å². The van der Waals surface area contributed by atoms with Gasteiger partial charge in [0.25, 0.3) is 5.91 Å². The van der Waals surface area contributed by atoms with Gasteiger partial charge in [-0.1, -0.05) is 43.7 Å². The summed E-state index contributed by atoms with van der Waals surface area (Å²) in [5.74, 6) is 0.709. The molecule has 0 aliphatic heterocycles. The van der Waals surface area contributed by atoms with Crippen LogP contribution in [0.3, 0.4) is 0 Å². The molecule has 1 N–H and O–H groups in total. The molecule has 0 unspecified atom stereocenters. The summed E-state index contributed by atoms with van der Waals surface area (Å²) in [6.45, 7) is 8.07. The van der Waals surface area contributed by atoms with Gasteiger partial charge in [-0.15, -0.1) is 0 Å². The van der Waals surface area contributed by atoms with Crippen molar-refractivity contribution in [3.8, 4) is 16.9 Å². The minimum Gasteiger partial charge on any atom is -0.494 e. The molecule has 3 rings (SSSR count). The highest BCUT2D eigenvalue weighted by Crippen LogP contribution is 2.26. The molecule has 0 bridgehead atoms. The van der Waals surface area contributed by atoms with E-state index in [0.29, 0.717) is 25.3 Å². The highest BCUT2D eigenvalue weighted by Gasteiger charge is 2.13. The number of aromatic nitrogens is 2. The molecule has 0 saturated carbocycles. The summed E-state index contributed by atoms with van der Waals surface area (Å²) in [7, 11) is 0. The minimum atomic E-state index is -0.0880. The van der Waals surface area contributed by atoms with Gasteiger partial charge in [-0.2, -0.15) is 5.10 Å². The van der Waals surface area contributed by atoms with E-state index in [1.807, 2.05) is 41.9 Å². The first-order chi connectivity index (χ1) is 14.1. The Morgan fingerprint density at radius 2 is 1.79 bits per heavy atom. The van der Waals surface area contributed by atoms with Crippen LogP contribution < -0.4 is 10.1 Å². The highest BCUT2D eigenvalue weighted by atomic mass is 16.5. The van der Waals surface area contributed by atoms with Crippen molar-refractivity contribution in [2.75, 3.05) is 13.2 Å². The van der Waals surface area contributed by atoms with E-state index in [4.69, 9.17) is 4.74 Å². The van der Waals surface area contributed by atoms with Gasteiger partial charge in [0, 0.05) is 23.4 Å². The molecule has 3 aromatic rings. The molecule has 29 heavy (non-hydrogen) atoms. The average Bonchev–Trinajstić information content (AvgIpc) is 3.02. The normalized spacial score (nSPS) is 10.7. The lowest BCUT2D eigenvalue weighted by molar-refractivity contribution is 0.0952. The Hall–Kier alpha value is -3.08. The van der Waals surface area contributed by atoms with Crippen molar-refractivity contribution in [3.63, 3.8) is 0 Å². The van der Waals surface area contributed by atoms with Gasteiger partial charge in [-0.25, -0.2) is 0 Å². The molecule has 1 heterocycles. The van der Waals surface area contributed by atoms with E-state index in [-0.39, 0.29) is 5.91 Å². The summed E-state index contributed by atoms with van der Waals surface area (Å²) in [5, 5.41) is 7.63. The molecule has 0 aliphatic rings. The third-order valence-corrected chi connectivity index (χ3v) is 4.94. The number of carbonyl (C=O) groups excluding carboxylic acids is 1. The maximum absolute atomic E-state index is 12.4. The third-order valence-electron chi connectivity index (χ3n) is 4.94. The third kappa shape index (κ3) is 5.25. The lowest BCUT2D eigenvalue weighted by Crippen LogP contribution is -2.27. The maximum Gasteiger partial charge on any atom is 0.251 e. The zero-order valence-corrected chi connectivity index (χ0v) is 17.4. The van der Waals surface area contributed by atoms with Crippen LogP contribution in [0.5, 0.6) is 5.75 Å². The van der Waals surface area contributed by atoms with E-state index < -0.39 is 0 Å². The van der Waals surface area contributed by atoms with Crippen LogP contribution in [-0.2, 0) is 6.54 Å². The van der Waals surface area contributed by atoms with Gasteiger partial charge < -0.3 is 10.1 Å². The Morgan fingerprint density at radius 3 is 2.48 bits per heavy atom. The number of aryl methyl sites for hydroxylation is 1. The van der Waals surface area contributed by atoms with E-state index in [1.165, 1.54) is 5.56 Å². The van der Waals surface area contributed by atoms with Crippen LogP contribution in [0.25, 0.3) is 11.1 Å². The van der Waals surface area contributed by atoms with Crippen molar-refractivity contribution in [1.29, 1.82) is 0 Å². The SMILES string of the molecule is CCCCOc1ccc(C(=O)NCCn2nc(C)c(-c3ccccc3)c2C)cc1. The molecular weight excluding hydrogens is 362 g/mol. The standard InChI is InChI=1S/C24H29N3O2/c1-4-5-17-29-22-13-11-21(12-14-22)24(28)25-15-16-27-19(3)23(18(2)26-27)20-9-7-6-8-10-20/h6-14H,4-5,15-17H2,1-3H3,(H,25,28). The smallest absolute Gasteiger partial charge is 0.251 e. The number of unbranched alkanes of at least 4 members (excludes halogenated alkanes) is 1. The largest absolute Gasteiger partial charge is 0.494 e. The van der Waals surface area contributed by atoms with E-state index in [2.05, 4.69) is 36.4 Å². The van der Waals surface area contributed by atoms with Crippen molar-refractivity contribution < 1.29 is 9.53 Å². The predicted octanol–water partition coefficient (Wildman–Crippen LogP) is 4.78. The number of rotatable bonds is 9. The Morgan fingerprint density at radius 1 is 1.07 bits per heavy atom. The van der Waals surface area contributed by atoms with Crippen molar-refractivity contribution in [1.82, 2.24) is 15.1 Å². The van der Waals surface area contributed by atoms with Crippen LogP contribution >= 0.6 is 0 Å². The first kappa shape index (κ1) is 20.6. The summed E-state index contributed by atoms with van der Waals surface area (Å²) in [6.07, 6.45) is 2.13. The fraction of sp³-hybridized carbons (Fsp3) is 0.333. The Kier molecular flexibility index (Phi) is 7.06. The number of benzene rings is 2. The predicted molar refractivity (Wildman–Crippen MR) is 116 cm³/mol. The number of hydrogen-bond donors (Lipinski definition) is 1. The molecule has 0 atom stereocenters. The van der Waals surface area contributed by atoms with Crippen molar-refractivity contribution in [3.05, 3.63) is 71.5 Å². The van der Waals surface area contributed by atoms with Crippen LogP contribution in [0.4, 0.5) is 0 Å². The molecular formula is C24H29N3O2. The maximum atomic E-state index is 12.4. The Balaban J connectivity index is 1.55. The quantitative estimate of drug-likeness (QED) is 0.534. The number of amides is 1.